The standard InChI is InChI=1S/C14H16ClN3O4S2/c1-11-5-6-13(12(15)10-11)24(21,22)17-8-9-23(19,20)18-14-4-2-3-7-16-14/h2-7,10,17H,8-9H2,1H3,(H,16,18). The highest BCUT2D eigenvalue weighted by atomic mass is 35.5. The molecule has 0 saturated carbocycles. The molecule has 0 aliphatic heterocycles. The highest BCUT2D eigenvalue weighted by Crippen LogP contribution is 2.22. The molecule has 0 bridgehead atoms. The van der Waals surface area contributed by atoms with Crippen molar-refractivity contribution in [3.05, 3.63) is 53.2 Å². The van der Waals surface area contributed by atoms with Crippen molar-refractivity contribution in [1.82, 2.24) is 9.71 Å². The van der Waals surface area contributed by atoms with Crippen LogP contribution >= 0.6 is 11.6 Å². The zero-order chi connectivity index (χ0) is 17.8. The van der Waals surface area contributed by atoms with E-state index in [2.05, 4.69) is 14.4 Å². The Hall–Kier alpha value is -1.68. The van der Waals surface area contributed by atoms with Crippen LogP contribution in [0.15, 0.2) is 47.5 Å². The average molecular weight is 390 g/mol. The fraction of sp³-hybridized carbons (Fsp3) is 0.214. The predicted molar refractivity (Wildman–Crippen MR) is 93.0 cm³/mol. The summed E-state index contributed by atoms with van der Waals surface area (Å²) in [4.78, 5) is 3.75. The van der Waals surface area contributed by atoms with Gasteiger partial charge < -0.3 is 0 Å². The van der Waals surface area contributed by atoms with Crippen LogP contribution in [0.2, 0.25) is 5.02 Å². The lowest BCUT2D eigenvalue weighted by atomic mass is 10.2. The maximum Gasteiger partial charge on any atom is 0.242 e. The predicted octanol–water partition coefficient (Wildman–Crippen LogP) is 1.76. The molecule has 0 spiro atoms. The van der Waals surface area contributed by atoms with Crippen LogP contribution in [0.5, 0.6) is 0 Å². The molecule has 0 saturated heterocycles. The van der Waals surface area contributed by atoms with E-state index >= 15 is 0 Å². The van der Waals surface area contributed by atoms with Gasteiger partial charge in [0.25, 0.3) is 0 Å². The molecule has 1 aromatic carbocycles. The molecule has 2 N–H and O–H groups in total. The molecule has 1 aromatic heterocycles. The SMILES string of the molecule is Cc1ccc(S(=O)(=O)NCCS(=O)(=O)Nc2ccccn2)c(Cl)c1. The first-order valence-electron chi connectivity index (χ1n) is 6.87. The minimum absolute atomic E-state index is 0.0805. The number of halogens is 1. The normalized spacial score (nSPS) is 12.1. The lowest BCUT2D eigenvalue weighted by Gasteiger charge is -2.10. The Kier molecular flexibility index (Phi) is 5.81. The van der Waals surface area contributed by atoms with Crippen molar-refractivity contribution in [3.8, 4) is 0 Å². The average Bonchev–Trinajstić information content (AvgIpc) is 2.46. The van der Waals surface area contributed by atoms with Crippen LogP contribution in [0.3, 0.4) is 0 Å². The highest BCUT2D eigenvalue weighted by Gasteiger charge is 2.19. The molecular formula is C14H16ClN3O4S2. The van der Waals surface area contributed by atoms with E-state index in [1.54, 1.807) is 25.1 Å². The van der Waals surface area contributed by atoms with Crippen molar-refractivity contribution in [2.45, 2.75) is 11.8 Å². The van der Waals surface area contributed by atoms with Crippen molar-refractivity contribution >= 4 is 37.5 Å². The smallest absolute Gasteiger partial charge is 0.242 e. The maximum absolute atomic E-state index is 12.2. The van der Waals surface area contributed by atoms with Gasteiger partial charge in [-0.15, -0.1) is 0 Å². The van der Waals surface area contributed by atoms with Gasteiger partial charge in [0.05, 0.1) is 10.8 Å². The van der Waals surface area contributed by atoms with E-state index in [0.29, 0.717) is 0 Å². The van der Waals surface area contributed by atoms with Crippen molar-refractivity contribution in [1.29, 1.82) is 0 Å². The maximum atomic E-state index is 12.2. The number of aryl methyl sites for hydroxylation is 1. The second-order valence-electron chi connectivity index (χ2n) is 4.97. The number of rotatable bonds is 7. The van der Waals surface area contributed by atoms with Gasteiger partial charge in [-0.05, 0) is 36.8 Å². The molecule has 2 rings (SSSR count). The fourth-order valence-electron chi connectivity index (χ4n) is 1.85. The van der Waals surface area contributed by atoms with E-state index in [4.69, 9.17) is 11.6 Å². The molecule has 0 amide bonds. The Bertz CT molecular complexity index is 916. The first-order valence-corrected chi connectivity index (χ1v) is 10.4. The van der Waals surface area contributed by atoms with Gasteiger partial charge in [-0.25, -0.2) is 26.5 Å². The van der Waals surface area contributed by atoms with Gasteiger partial charge in [0.1, 0.15) is 10.7 Å². The molecule has 1 heterocycles. The van der Waals surface area contributed by atoms with Crippen LogP contribution in [0.1, 0.15) is 5.56 Å². The van der Waals surface area contributed by atoms with Gasteiger partial charge in [0.2, 0.25) is 20.0 Å². The van der Waals surface area contributed by atoms with Crippen LogP contribution in [-0.2, 0) is 20.0 Å². The zero-order valence-corrected chi connectivity index (χ0v) is 15.1. The largest absolute Gasteiger partial charge is 0.267 e. The summed E-state index contributed by atoms with van der Waals surface area (Å²) >= 11 is 5.93. The number of aromatic nitrogens is 1. The van der Waals surface area contributed by atoms with E-state index in [1.165, 1.54) is 24.4 Å². The summed E-state index contributed by atoms with van der Waals surface area (Å²) in [5.74, 6) is -0.270. The Morgan fingerprint density at radius 3 is 2.50 bits per heavy atom. The van der Waals surface area contributed by atoms with Gasteiger partial charge in [0, 0.05) is 12.7 Å². The number of sulfonamides is 2. The van der Waals surface area contributed by atoms with Gasteiger partial charge in [-0.1, -0.05) is 23.7 Å². The fourth-order valence-corrected chi connectivity index (χ4v) is 4.52. The highest BCUT2D eigenvalue weighted by molar-refractivity contribution is 7.92. The molecule has 0 unspecified atom stereocenters. The summed E-state index contributed by atoms with van der Waals surface area (Å²) < 4.78 is 52.7. The summed E-state index contributed by atoms with van der Waals surface area (Å²) in [6.07, 6.45) is 1.44. The Labute approximate surface area is 146 Å². The molecule has 0 aliphatic carbocycles. The number of anilines is 1. The van der Waals surface area contributed by atoms with Crippen molar-refractivity contribution < 1.29 is 16.8 Å². The number of benzene rings is 1. The van der Waals surface area contributed by atoms with E-state index in [-0.39, 0.29) is 22.3 Å². The van der Waals surface area contributed by atoms with Crippen LogP contribution in [0, 0.1) is 6.92 Å². The van der Waals surface area contributed by atoms with E-state index in [1.807, 2.05) is 0 Å². The Balaban J connectivity index is 2.00. The molecule has 7 nitrogen and oxygen atoms in total. The van der Waals surface area contributed by atoms with Gasteiger partial charge in [0.15, 0.2) is 0 Å². The number of nitrogens with one attached hydrogen (secondary N) is 2. The lowest BCUT2D eigenvalue weighted by Crippen LogP contribution is -2.31. The second kappa shape index (κ2) is 7.47. The molecule has 10 heteroatoms. The summed E-state index contributed by atoms with van der Waals surface area (Å²) in [5, 5.41) is 0.0805. The summed E-state index contributed by atoms with van der Waals surface area (Å²) in [5.41, 5.74) is 0.820. The van der Waals surface area contributed by atoms with Crippen LogP contribution in [0.25, 0.3) is 0 Å². The first-order chi connectivity index (χ1) is 11.2. The molecule has 24 heavy (non-hydrogen) atoms. The molecule has 0 aliphatic rings. The Morgan fingerprint density at radius 2 is 1.88 bits per heavy atom. The van der Waals surface area contributed by atoms with Crippen molar-refractivity contribution in [2.75, 3.05) is 17.0 Å². The van der Waals surface area contributed by atoms with Crippen LogP contribution in [-0.4, -0.2) is 34.1 Å². The topological polar surface area (TPSA) is 105 Å². The van der Waals surface area contributed by atoms with Crippen molar-refractivity contribution in [3.63, 3.8) is 0 Å². The quantitative estimate of drug-likeness (QED) is 0.750. The minimum atomic E-state index is -3.89. The third kappa shape index (κ3) is 5.17. The number of nitrogens with zero attached hydrogens (tertiary/aromatic N) is 1. The molecule has 0 radical (unpaired) electrons. The van der Waals surface area contributed by atoms with Gasteiger partial charge >= 0.3 is 0 Å². The van der Waals surface area contributed by atoms with Crippen molar-refractivity contribution in [2.24, 2.45) is 0 Å². The molecule has 0 fully saturated rings. The zero-order valence-electron chi connectivity index (χ0n) is 12.7. The molecule has 130 valence electrons. The molecule has 2 aromatic rings. The van der Waals surface area contributed by atoms with Gasteiger partial charge in [-0.3, -0.25) is 4.72 Å². The lowest BCUT2D eigenvalue weighted by molar-refractivity contribution is 0.582. The van der Waals surface area contributed by atoms with E-state index in [0.717, 1.165) is 5.56 Å². The van der Waals surface area contributed by atoms with E-state index < -0.39 is 25.8 Å². The summed E-state index contributed by atoms with van der Waals surface area (Å²) in [6.45, 7) is 1.49. The van der Waals surface area contributed by atoms with Crippen LogP contribution < -0.4 is 9.44 Å². The Morgan fingerprint density at radius 1 is 1.12 bits per heavy atom. The number of hydrogen-bond acceptors (Lipinski definition) is 5. The third-order valence-corrected chi connectivity index (χ3v) is 6.17. The summed E-state index contributed by atoms with van der Waals surface area (Å²) in [6, 6.07) is 9.29. The number of hydrogen-bond donors (Lipinski definition) is 2. The minimum Gasteiger partial charge on any atom is -0.267 e. The third-order valence-electron chi connectivity index (χ3n) is 2.96. The second-order valence-corrected chi connectivity index (χ2v) is 8.95. The monoisotopic (exact) mass is 389 g/mol. The summed E-state index contributed by atoms with van der Waals surface area (Å²) in [7, 11) is -7.62. The molecular weight excluding hydrogens is 374 g/mol. The van der Waals surface area contributed by atoms with Gasteiger partial charge in [-0.2, -0.15) is 0 Å². The van der Waals surface area contributed by atoms with E-state index in [9.17, 15) is 16.8 Å². The molecule has 0 atom stereocenters. The number of pyridine rings is 1. The first kappa shape index (κ1) is 18.7. The van der Waals surface area contributed by atoms with Crippen LogP contribution in [0.4, 0.5) is 5.82 Å².